The van der Waals surface area contributed by atoms with Gasteiger partial charge in [0.05, 0.1) is 4.90 Å². The van der Waals surface area contributed by atoms with Gasteiger partial charge in [-0.3, -0.25) is 9.69 Å². The molecule has 0 unspecified atom stereocenters. The standard InChI is InChI=1S/C26H33N3O4S/c1-19(30)21-7-5-8-23(16-21)27-26(31)29(17-20-10-11-20)24-12-14-28(15-13-24)18-22-6-3-4-9-25(22)34(2,32)33/h3-9,16,20,24H,10-15,17-18H2,1-2H3,(H,27,31). The van der Waals surface area contributed by atoms with E-state index < -0.39 is 9.84 Å². The van der Waals surface area contributed by atoms with Crippen molar-refractivity contribution >= 4 is 27.3 Å². The number of benzene rings is 2. The lowest BCUT2D eigenvalue weighted by molar-refractivity contribution is 0.101. The number of ketones is 1. The number of Topliss-reactive ketones (excluding diaryl/α,β-unsaturated/α-hetero) is 1. The quantitative estimate of drug-likeness (QED) is 0.569. The summed E-state index contributed by atoms with van der Waals surface area (Å²) in [5, 5.41) is 3.00. The largest absolute Gasteiger partial charge is 0.322 e. The SMILES string of the molecule is CC(=O)c1cccc(NC(=O)N(CC2CC2)C2CCN(Cc3ccccc3S(C)(=O)=O)CC2)c1. The van der Waals surface area contributed by atoms with E-state index in [1.165, 1.54) is 13.2 Å². The molecule has 1 saturated carbocycles. The first-order valence-corrected chi connectivity index (χ1v) is 13.8. The van der Waals surface area contributed by atoms with Crippen LogP contribution in [0.1, 0.15) is 48.5 Å². The van der Waals surface area contributed by atoms with Gasteiger partial charge in [0.2, 0.25) is 0 Å². The topological polar surface area (TPSA) is 86.8 Å². The molecule has 2 fully saturated rings. The molecule has 182 valence electrons. The number of amides is 2. The highest BCUT2D eigenvalue weighted by molar-refractivity contribution is 7.90. The van der Waals surface area contributed by atoms with E-state index in [0.717, 1.165) is 50.9 Å². The third-order valence-electron chi connectivity index (χ3n) is 6.70. The van der Waals surface area contributed by atoms with Crippen molar-refractivity contribution in [2.45, 2.75) is 50.1 Å². The van der Waals surface area contributed by atoms with E-state index in [4.69, 9.17) is 0 Å². The third-order valence-corrected chi connectivity index (χ3v) is 7.89. The second-order valence-corrected chi connectivity index (χ2v) is 11.5. The van der Waals surface area contributed by atoms with Crippen molar-refractivity contribution in [1.29, 1.82) is 0 Å². The van der Waals surface area contributed by atoms with Crippen molar-refractivity contribution in [3.8, 4) is 0 Å². The van der Waals surface area contributed by atoms with Crippen molar-refractivity contribution < 1.29 is 18.0 Å². The van der Waals surface area contributed by atoms with E-state index in [2.05, 4.69) is 10.2 Å². The maximum atomic E-state index is 13.2. The molecule has 34 heavy (non-hydrogen) atoms. The molecule has 2 amide bonds. The monoisotopic (exact) mass is 483 g/mol. The molecule has 0 radical (unpaired) electrons. The average molecular weight is 484 g/mol. The van der Waals surface area contributed by atoms with E-state index in [-0.39, 0.29) is 17.9 Å². The highest BCUT2D eigenvalue weighted by Crippen LogP contribution is 2.32. The van der Waals surface area contributed by atoms with Gasteiger partial charge in [-0.05, 0) is 62.3 Å². The van der Waals surface area contributed by atoms with Crippen molar-refractivity contribution in [2.75, 3.05) is 31.2 Å². The summed E-state index contributed by atoms with van der Waals surface area (Å²) >= 11 is 0. The summed E-state index contributed by atoms with van der Waals surface area (Å²) < 4.78 is 24.3. The van der Waals surface area contributed by atoms with Gasteiger partial charge < -0.3 is 10.2 Å². The summed E-state index contributed by atoms with van der Waals surface area (Å²) in [4.78, 5) is 29.6. The van der Waals surface area contributed by atoms with E-state index >= 15 is 0 Å². The number of nitrogens with one attached hydrogen (secondary N) is 1. The minimum atomic E-state index is -3.27. The first-order chi connectivity index (χ1) is 16.2. The van der Waals surface area contributed by atoms with Gasteiger partial charge in [-0.1, -0.05) is 30.3 Å². The second kappa shape index (κ2) is 10.3. The Morgan fingerprint density at radius 2 is 1.74 bits per heavy atom. The van der Waals surface area contributed by atoms with E-state index in [0.29, 0.717) is 28.6 Å². The number of hydrogen-bond donors (Lipinski definition) is 1. The van der Waals surface area contributed by atoms with Crippen molar-refractivity contribution in [1.82, 2.24) is 9.80 Å². The molecular weight excluding hydrogens is 450 g/mol. The molecule has 1 N–H and O–H groups in total. The van der Waals surface area contributed by atoms with Crippen LogP contribution in [0.15, 0.2) is 53.4 Å². The number of sulfone groups is 1. The van der Waals surface area contributed by atoms with E-state index in [1.54, 1.807) is 30.3 Å². The fourth-order valence-corrected chi connectivity index (χ4v) is 5.55. The van der Waals surface area contributed by atoms with Crippen LogP contribution in [-0.4, -0.2) is 62.0 Å². The number of carbonyl (C=O) groups excluding carboxylic acids is 2. The molecule has 8 heteroatoms. The molecule has 2 aromatic rings. The van der Waals surface area contributed by atoms with Crippen LogP contribution in [0.2, 0.25) is 0 Å². The van der Waals surface area contributed by atoms with E-state index in [9.17, 15) is 18.0 Å². The van der Waals surface area contributed by atoms with Crippen LogP contribution in [-0.2, 0) is 16.4 Å². The number of carbonyl (C=O) groups is 2. The number of anilines is 1. The maximum absolute atomic E-state index is 13.2. The third kappa shape index (κ3) is 6.24. The predicted molar refractivity (Wildman–Crippen MR) is 133 cm³/mol. The van der Waals surface area contributed by atoms with Crippen LogP contribution in [0.25, 0.3) is 0 Å². The summed E-state index contributed by atoms with van der Waals surface area (Å²) in [6.07, 6.45) is 5.25. The number of rotatable bonds is 8. The van der Waals surface area contributed by atoms with Gasteiger partial charge in [-0.15, -0.1) is 0 Å². The lowest BCUT2D eigenvalue weighted by Crippen LogP contribution is -2.49. The lowest BCUT2D eigenvalue weighted by Gasteiger charge is -2.39. The van der Waals surface area contributed by atoms with Gasteiger partial charge >= 0.3 is 6.03 Å². The molecule has 1 saturated heterocycles. The Bertz CT molecular complexity index is 1150. The normalized spacial score (nSPS) is 17.4. The number of piperidine rings is 1. The highest BCUT2D eigenvalue weighted by atomic mass is 32.2. The summed E-state index contributed by atoms with van der Waals surface area (Å²) in [6, 6.07) is 14.3. The van der Waals surface area contributed by atoms with Gasteiger partial charge in [-0.25, -0.2) is 13.2 Å². The van der Waals surface area contributed by atoms with Gasteiger partial charge in [0.15, 0.2) is 15.6 Å². The second-order valence-electron chi connectivity index (χ2n) is 9.55. The zero-order valence-electron chi connectivity index (χ0n) is 19.9. The minimum absolute atomic E-state index is 0.0317. The Balaban J connectivity index is 1.40. The van der Waals surface area contributed by atoms with Gasteiger partial charge in [0, 0.05) is 49.7 Å². The Hall–Kier alpha value is -2.71. The first kappa shape index (κ1) is 24.4. The van der Waals surface area contributed by atoms with E-state index in [1.807, 2.05) is 23.1 Å². The lowest BCUT2D eigenvalue weighted by atomic mass is 10.0. The minimum Gasteiger partial charge on any atom is -0.321 e. The molecule has 1 heterocycles. The summed E-state index contributed by atoms with van der Waals surface area (Å²) in [5.41, 5.74) is 2.03. The molecule has 2 aromatic carbocycles. The zero-order valence-corrected chi connectivity index (χ0v) is 20.7. The fraction of sp³-hybridized carbons (Fsp3) is 0.462. The Morgan fingerprint density at radius 1 is 1.03 bits per heavy atom. The zero-order chi connectivity index (χ0) is 24.3. The number of hydrogen-bond acceptors (Lipinski definition) is 5. The van der Waals surface area contributed by atoms with Crippen LogP contribution >= 0.6 is 0 Å². The smallest absolute Gasteiger partial charge is 0.321 e. The van der Waals surface area contributed by atoms with Crippen LogP contribution in [0.5, 0.6) is 0 Å². The van der Waals surface area contributed by atoms with Crippen LogP contribution in [0, 0.1) is 5.92 Å². The fourth-order valence-electron chi connectivity index (χ4n) is 4.61. The predicted octanol–water partition coefficient (Wildman–Crippen LogP) is 4.20. The molecule has 0 aromatic heterocycles. The molecular formula is C26H33N3O4S. The molecule has 0 spiro atoms. The Kier molecular flexibility index (Phi) is 7.38. The van der Waals surface area contributed by atoms with Crippen LogP contribution < -0.4 is 5.32 Å². The molecule has 1 aliphatic heterocycles. The van der Waals surface area contributed by atoms with Crippen LogP contribution in [0.3, 0.4) is 0 Å². The molecule has 0 bridgehead atoms. The van der Waals surface area contributed by atoms with Crippen molar-refractivity contribution in [3.05, 3.63) is 59.7 Å². The Morgan fingerprint density at radius 3 is 2.38 bits per heavy atom. The summed E-state index contributed by atoms with van der Waals surface area (Å²) in [7, 11) is -3.27. The molecule has 4 rings (SSSR count). The molecule has 7 nitrogen and oxygen atoms in total. The molecule has 0 atom stereocenters. The first-order valence-electron chi connectivity index (χ1n) is 11.9. The Labute approximate surface area is 202 Å². The van der Waals surface area contributed by atoms with Crippen molar-refractivity contribution in [2.24, 2.45) is 5.92 Å². The van der Waals surface area contributed by atoms with Crippen molar-refractivity contribution in [3.63, 3.8) is 0 Å². The maximum Gasteiger partial charge on any atom is 0.322 e. The number of likely N-dealkylation sites (tertiary alicyclic amines) is 1. The number of urea groups is 1. The van der Waals surface area contributed by atoms with Crippen LogP contribution in [0.4, 0.5) is 10.5 Å². The number of nitrogens with zero attached hydrogens (tertiary/aromatic N) is 2. The average Bonchev–Trinajstić information content (AvgIpc) is 3.62. The van der Waals surface area contributed by atoms with Gasteiger partial charge in [0.25, 0.3) is 0 Å². The van der Waals surface area contributed by atoms with Gasteiger partial charge in [0.1, 0.15) is 0 Å². The summed E-state index contributed by atoms with van der Waals surface area (Å²) in [5.74, 6) is 0.532. The van der Waals surface area contributed by atoms with Gasteiger partial charge in [-0.2, -0.15) is 0 Å². The highest BCUT2D eigenvalue weighted by Gasteiger charge is 2.33. The molecule has 1 aliphatic carbocycles. The summed E-state index contributed by atoms with van der Waals surface area (Å²) in [6.45, 7) is 4.46. The molecule has 2 aliphatic rings.